The summed E-state index contributed by atoms with van der Waals surface area (Å²) in [7, 11) is 0. The Hall–Kier alpha value is -3.19. The Morgan fingerprint density at radius 1 is 0.970 bits per heavy atom. The van der Waals surface area contributed by atoms with Crippen LogP contribution in [0.15, 0.2) is 64.6 Å². The molecule has 3 aromatic rings. The highest BCUT2D eigenvalue weighted by molar-refractivity contribution is 6.07. The van der Waals surface area contributed by atoms with E-state index >= 15 is 0 Å². The number of nitrogens with zero attached hydrogens (tertiary/aromatic N) is 5. The molecule has 7 nitrogen and oxygen atoms in total. The molecular formula is C26H30N6O. The first-order valence-corrected chi connectivity index (χ1v) is 12.1. The van der Waals surface area contributed by atoms with Gasteiger partial charge in [0.15, 0.2) is 0 Å². The van der Waals surface area contributed by atoms with E-state index < -0.39 is 0 Å². The minimum atomic E-state index is 0.267. The smallest absolute Gasteiger partial charge is 0.213 e. The minimum absolute atomic E-state index is 0.267. The van der Waals surface area contributed by atoms with Crippen molar-refractivity contribution in [2.45, 2.75) is 38.3 Å². The van der Waals surface area contributed by atoms with Gasteiger partial charge in [-0.1, -0.05) is 55.3 Å². The number of anilines is 1. The topological polar surface area (TPSA) is 67.0 Å². The van der Waals surface area contributed by atoms with Crippen LogP contribution in [0.25, 0.3) is 11.0 Å². The molecule has 1 aliphatic carbocycles. The fourth-order valence-corrected chi connectivity index (χ4v) is 5.21. The Labute approximate surface area is 194 Å². The molecule has 0 bridgehead atoms. The quantitative estimate of drug-likeness (QED) is 0.669. The third-order valence-electron chi connectivity index (χ3n) is 6.93. The molecule has 2 unspecified atom stereocenters. The molecule has 3 heterocycles. The Balaban J connectivity index is 1.41. The Kier molecular flexibility index (Phi) is 5.56. The zero-order valence-corrected chi connectivity index (χ0v) is 18.9. The van der Waals surface area contributed by atoms with Gasteiger partial charge in [0.25, 0.3) is 0 Å². The highest BCUT2D eigenvalue weighted by Gasteiger charge is 2.35. The molecule has 2 fully saturated rings. The molecule has 0 amide bonds. The monoisotopic (exact) mass is 442 g/mol. The third-order valence-corrected chi connectivity index (χ3v) is 6.93. The van der Waals surface area contributed by atoms with Crippen LogP contribution in [0.2, 0.25) is 0 Å². The molecular weight excluding hydrogens is 412 g/mol. The first-order valence-electron chi connectivity index (χ1n) is 12.1. The molecule has 1 N–H and O–H groups in total. The van der Waals surface area contributed by atoms with E-state index in [-0.39, 0.29) is 6.04 Å². The average Bonchev–Trinajstić information content (AvgIpc) is 3.28. The standard InChI is InChI=1S/C26H30N6O/c1-2-8-19(9-3-1)18-27-24-20-10-4-5-11-21(20)28-25(30-24)32-23-13-7-6-12-22(23)29-26(32)31-14-16-33-17-15-31/h1-3,6-9,12-13,20-21H,4-5,10-11,14-18H2,(H,27,28,30). The van der Waals surface area contributed by atoms with E-state index in [4.69, 9.17) is 19.7 Å². The maximum atomic E-state index is 5.60. The lowest BCUT2D eigenvalue weighted by Gasteiger charge is -2.36. The van der Waals surface area contributed by atoms with Crippen LogP contribution in [-0.2, 0) is 11.3 Å². The molecule has 1 saturated heterocycles. The Bertz CT molecular complexity index is 1180. The predicted molar refractivity (Wildman–Crippen MR) is 132 cm³/mol. The van der Waals surface area contributed by atoms with Crippen LogP contribution in [0.1, 0.15) is 31.2 Å². The van der Waals surface area contributed by atoms with Crippen LogP contribution >= 0.6 is 0 Å². The number of rotatable bonds is 3. The lowest BCUT2D eigenvalue weighted by molar-refractivity contribution is 0.122. The fourth-order valence-electron chi connectivity index (χ4n) is 5.21. The summed E-state index contributed by atoms with van der Waals surface area (Å²) in [6, 6.07) is 19.1. The van der Waals surface area contributed by atoms with Crippen LogP contribution in [0.4, 0.5) is 5.95 Å². The summed E-state index contributed by atoms with van der Waals surface area (Å²) in [6.45, 7) is 3.78. The van der Waals surface area contributed by atoms with Crippen molar-refractivity contribution in [3.05, 3.63) is 60.2 Å². The van der Waals surface area contributed by atoms with Gasteiger partial charge in [0.05, 0.1) is 36.8 Å². The first-order chi connectivity index (χ1) is 16.4. The SMILES string of the molecule is c1ccc(CN=C2NC(n3c(N4CCOCC4)nc4ccccc43)=NC3CCCCC23)cc1. The van der Waals surface area contributed by atoms with E-state index in [0.29, 0.717) is 12.5 Å². The van der Waals surface area contributed by atoms with E-state index in [1.807, 2.05) is 6.07 Å². The highest BCUT2D eigenvalue weighted by atomic mass is 16.5. The summed E-state index contributed by atoms with van der Waals surface area (Å²) in [6.07, 6.45) is 4.72. The van der Waals surface area contributed by atoms with E-state index in [1.165, 1.54) is 18.4 Å². The molecule has 0 spiro atoms. The van der Waals surface area contributed by atoms with Gasteiger partial charge in [-0.3, -0.25) is 4.99 Å². The number of hydrogen-bond donors (Lipinski definition) is 1. The number of benzene rings is 2. The van der Waals surface area contributed by atoms with Crippen molar-refractivity contribution in [2.75, 3.05) is 31.2 Å². The third kappa shape index (κ3) is 4.02. The maximum Gasteiger partial charge on any atom is 0.213 e. The number of imidazole rings is 1. The maximum absolute atomic E-state index is 5.60. The molecule has 1 aromatic heterocycles. The van der Waals surface area contributed by atoms with Gasteiger partial charge in [-0.15, -0.1) is 0 Å². The molecule has 33 heavy (non-hydrogen) atoms. The van der Waals surface area contributed by atoms with Crippen molar-refractivity contribution in [3.63, 3.8) is 0 Å². The van der Waals surface area contributed by atoms with Crippen molar-refractivity contribution in [1.82, 2.24) is 14.9 Å². The van der Waals surface area contributed by atoms with Crippen molar-refractivity contribution in [1.29, 1.82) is 0 Å². The van der Waals surface area contributed by atoms with Crippen LogP contribution in [0.5, 0.6) is 0 Å². The van der Waals surface area contributed by atoms with Crippen LogP contribution in [-0.4, -0.2) is 53.7 Å². The van der Waals surface area contributed by atoms with E-state index in [0.717, 1.165) is 67.9 Å². The Morgan fingerprint density at radius 3 is 2.64 bits per heavy atom. The molecule has 2 aromatic carbocycles. The van der Waals surface area contributed by atoms with Gasteiger partial charge in [0.1, 0.15) is 5.84 Å². The zero-order chi connectivity index (χ0) is 22.0. The summed E-state index contributed by atoms with van der Waals surface area (Å²) < 4.78 is 7.80. The fraction of sp³-hybridized carbons (Fsp3) is 0.423. The number of amidine groups is 1. The molecule has 170 valence electrons. The van der Waals surface area contributed by atoms with Gasteiger partial charge in [0.2, 0.25) is 11.9 Å². The van der Waals surface area contributed by atoms with Gasteiger partial charge in [-0.25, -0.2) is 14.5 Å². The summed E-state index contributed by atoms with van der Waals surface area (Å²) in [5, 5.41) is 3.66. The first kappa shape index (κ1) is 20.4. The van der Waals surface area contributed by atoms with Crippen molar-refractivity contribution in [2.24, 2.45) is 15.9 Å². The predicted octanol–water partition coefficient (Wildman–Crippen LogP) is 3.84. The van der Waals surface area contributed by atoms with Crippen LogP contribution < -0.4 is 10.2 Å². The van der Waals surface area contributed by atoms with E-state index in [1.54, 1.807) is 0 Å². The summed E-state index contributed by atoms with van der Waals surface area (Å²) >= 11 is 0. The second kappa shape index (κ2) is 8.98. The summed E-state index contributed by atoms with van der Waals surface area (Å²) in [4.78, 5) is 17.6. The number of nitrogens with one attached hydrogen (secondary N) is 1. The number of morpholine rings is 1. The van der Waals surface area contributed by atoms with Crippen LogP contribution in [0.3, 0.4) is 0 Å². The van der Waals surface area contributed by atoms with E-state index in [2.05, 4.69) is 63.3 Å². The molecule has 6 rings (SSSR count). The van der Waals surface area contributed by atoms with Gasteiger partial charge >= 0.3 is 0 Å². The lowest BCUT2D eigenvalue weighted by Crippen LogP contribution is -2.50. The second-order valence-corrected chi connectivity index (χ2v) is 9.06. The summed E-state index contributed by atoms with van der Waals surface area (Å²) in [5.74, 6) is 3.22. The molecule has 1 saturated carbocycles. The number of fused-ring (bicyclic) bond motifs is 2. The second-order valence-electron chi connectivity index (χ2n) is 9.06. The molecule has 2 atom stereocenters. The van der Waals surface area contributed by atoms with Gasteiger partial charge in [-0.2, -0.15) is 0 Å². The molecule has 2 aliphatic heterocycles. The van der Waals surface area contributed by atoms with Gasteiger partial charge in [-0.05, 0) is 30.5 Å². The minimum Gasteiger partial charge on any atom is -0.378 e. The lowest BCUT2D eigenvalue weighted by atomic mass is 9.83. The Morgan fingerprint density at radius 2 is 1.76 bits per heavy atom. The number of aromatic nitrogens is 2. The largest absolute Gasteiger partial charge is 0.378 e. The van der Waals surface area contributed by atoms with E-state index in [9.17, 15) is 0 Å². The number of para-hydroxylation sites is 2. The highest BCUT2D eigenvalue weighted by Crippen LogP contribution is 2.32. The molecule has 3 aliphatic rings. The molecule has 0 radical (unpaired) electrons. The summed E-state index contributed by atoms with van der Waals surface area (Å²) in [5.41, 5.74) is 3.28. The number of hydrogen-bond acceptors (Lipinski definition) is 5. The number of ether oxygens (including phenoxy) is 1. The van der Waals surface area contributed by atoms with Gasteiger partial charge in [0, 0.05) is 19.0 Å². The molecule has 7 heteroatoms. The number of aliphatic imine (C=N–C) groups is 2. The van der Waals surface area contributed by atoms with Gasteiger partial charge < -0.3 is 15.0 Å². The van der Waals surface area contributed by atoms with Crippen molar-refractivity contribution >= 4 is 28.8 Å². The van der Waals surface area contributed by atoms with Crippen molar-refractivity contribution in [3.8, 4) is 0 Å². The van der Waals surface area contributed by atoms with Crippen LogP contribution in [0, 0.1) is 5.92 Å². The average molecular weight is 443 g/mol. The van der Waals surface area contributed by atoms with Crippen molar-refractivity contribution < 1.29 is 4.74 Å². The zero-order valence-electron chi connectivity index (χ0n) is 18.9. The normalized spacial score (nSPS) is 24.4.